The van der Waals surface area contributed by atoms with E-state index in [2.05, 4.69) is 96.2 Å². The normalized spacial score (nSPS) is 20.3. The van der Waals surface area contributed by atoms with E-state index < -0.39 is 0 Å². The number of nitrogens with one attached hydrogen (secondary N) is 2. The molecule has 3 rings (SSSR count). The molecule has 3 N–H and O–H groups in total. The van der Waals surface area contributed by atoms with Gasteiger partial charge < -0.3 is 14.9 Å². The van der Waals surface area contributed by atoms with Gasteiger partial charge >= 0.3 is 0 Å². The molecule has 31 heavy (non-hydrogen) atoms. The van der Waals surface area contributed by atoms with E-state index >= 15 is 0 Å². The summed E-state index contributed by atoms with van der Waals surface area (Å²) in [4.78, 5) is 3.33. The second kappa shape index (κ2) is 9.58. The van der Waals surface area contributed by atoms with E-state index in [-0.39, 0.29) is 10.8 Å². The van der Waals surface area contributed by atoms with Crippen molar-refractivity contribution in [3.8, 4) is 5.75 Å². The zero-order valence-corrected chi connectivity index (χ0v) is 20.4. The molecule has 0 amide bonds. The molecule has 3 nitrogen and oxygen atoms in total. The van der Waals surface area contributed by atoms with Crippen LogP contribution in [0.25, 0.3) is 6.08 Å². The lowest BCUT2D eigenvalue weighted by Gasteiger charge is -2.31. The summed E-state index contributed by atoms with van der Waals surface area (Å²) in [5.74, 6) is 0.484. The number of quaternary nitrogens is 2. The first-order valence-corrected chi connectivity index (χ1v) is 11.8. The number of phenols is 1. The van der Waals surface area contributed by atoms with Gasteiger partial charge in [0.05, 0.1) is 6.54 Å². The zero-order chi connectivity index (χ0) is 22.6. The minimum absolute atomic E-state index is 0.0661. The van der Waals surface area contributed by atoms with Crippen molar-refractivity contribution in [2.24, 2.45) is 0 Å². The summed E-state index contributed by atoms with van der Waals surface area (Å²) in [6.07, 6.45) is 4.56. The molecule has 0 saturated carbocycles. The third-order valence-corrected chi connectivity index (χ3v) is 6.42. The number of hydrogen-bond acceptors (Lipinski definition) is 1. The van der Waals surface area contributed by atoms with Gasteiger partial charge in [-0.2, -0.15) is 0 Å². The maximum atomic E-state index is 11.0. The van der Waals surface area contributed by atoms with Gasteiger partial charge in [-0.25, -0.2) is 0 Å². The minimum atomic E-state index is -0.0661. The van der Waals surface area contributed by atoms with E-state index in [1.807, 2.05) is 0 Å². The van der Waals surface area contributed by atoms with Crippen LogP contribution in [0, 0.1) is 0 Å². The van der Waals surface area contributed by atoms with Gasteiger partial charge in [0.25, 0.3) is 0 Å². The lowest BCUT2D eigenvalue weighted by Crippen LogP contribution is -3.27. The predicted octanol–water partition coefficient (Wildman–Crippen LogP) is 2.98. The van der Waals surface area contributed by atoms with Crippen LogP contribution in [0.4, 0.5) is 0 Å². The van der Waals surface area contributed by atoms with Gasteiger partial charge in [-0.05, 0) is 34.6 Å². The number of rotatable bonds is 5. The molecule has 0 aromatic heterocycles. The summed E-state index contributed by atoms with van der Waals surface area (Å²) in [5.41, 5.74) is 4.65. The first kappa shape index (κ1) is 23.6. The van der Waals surface area contributed by atoms with Crippen LogP contribution in [0.3, 0.4) is 0 Å². The van der Waals surface area contributed by atoms with Crippen molar-refractivity contribution in [3.63, 3.8) is 0 Å². The fourth-order valence-corrected chi connectivity index (χ4v) is 4.49. The van der Waals surface area contributed by atoms with Gasteiger partial charge in [0, 0.05) is 16.7 Å². The molecule has 2 aromatic carbocycles. The topological polar surface area (TPSA) is 29.1 Å². The quantitative estimate of drug-likeness (QED) is 0.679. The fourth-order valence-electron chi connectivity index (χ4n) is 4.49. The van der Waals surface area contributed by atoms with Crippen LogP contribution >= 0.6 is 0 Å². The van der Waals surface area contributed by atoms with Crippen molar-refractivity contribution in [2.75, 3.05) is 32.7 Å². The van der Waals surface area contributed by atoms with Crippen LogP contribution in [0.2, 0.25) is 0 Å². The zero-order valence-electron chi connectivity index (χ0n) is 20.4. The number of aromatic hydroxyl groups is 1. The molecule has 1 aliphatic rings. The van der Waals surface area contributed by atoms with Crippen LogP contribution in [0.1, 0.15) is 63.8 Å². The molecule has 0 bridgehead atoms. The lowest BCUT2D eigenvalue weighted by molar-refractivity contribution is -1.02. The van der Waals surface area contributed by atoms with Crippen molar-refractivity contribution in [1.29, 1.82) is 0 Å². The summed E-state index contributed by atoms with van der Waals surface area (Å²) >= 11 is 0. The minimum Gasteiger partial charge on any atom is -0.507 e. The van der Waals surface area contributed by atoms with Crippen molar-refractivity contribution in [1.82, 2.24) is 0 Å². The maximum Gasteiger partial charge on any atom is 0.127 e. The molecular weight excluding hydrogens is 380 g/mol. The Labute approximate surface area is 189 Å². The number of phenolic OH excluding ortho intramolecular Hbond substituents is 1. The van der Waals surface area contributed by atoms with Gasteiger partial charge in [0.15, 0.2) is 0 Å². The van der Waals surface area contributed by atoms with Crippen molar-refractivity contribution < 1.29 is 14.9 Å². The van der Waals surface area contributed by atoms with E-state index in [1.165, 1.54) is 37.3 Å². The van der Waals surface area contributed by atoms with Crippen LogP contribution in [-0.4, -0.2) is 37.8 Å². The van der Waals surface area contributed by atoms with Gasteiger partial charge in [-0.3, -0.25) is 0 Å². The van der Waals surface area contributed by atoms with Gasteiger partial charge in [-0.15, -0.1) is 0 Å². The summed E-state index contributed by atoms with van der Waals surface area (Å²) in [5, 5.41) is 11.0. The largest absolute Gasteiger partial charge is 0.507 e. The van der Waals surface area contributed by atoms with Gasteiger partial charge in [0.1, 0.15) is 38.5 Å². The summed E-state index contributed by atoms with van der Waals surface area (Å²) in [6, 6.07) is 15.1. The summed E-state index contributed by atoms with van der Waals surface area (Å²) in [6.45, 7) is 20.1. The highest BCUT2D eigenvalue weighted by Gasteiger charge is 2.28. The van der Waals surface area contributed by atoms with Crippen LogP contribution in [0.5, 0.6) is 5.75 Å². The van der Waals surface area contributed by atoms with E-state index in [0.717, 1.165) is 24.2 Å². The Kier molecular flexibility index (Phi) is 7.28. The molecule has 1 saturated heterocycles. The Morgan fingerprint density at radius 2 is 1.32 bits per heavy atom. The SMILES string of the molecule is CC(C)(C)c1cc(C[NH+]2CC[NH+](C/C=C/c3ccccc3)CC2)cc(C(C)(C)C)c1O. The molecule has 0 unspecified atom stereocenters. The maximum absolute atomic E-state index is 11.0. The monoisotopic (exact) mass is 422 g/mol. The standard InChI is InChI=1S/C28H40N2O/c1-27(2,3)24-19-23(20-25(26(24)31)28(4,5)6)21-30-17-15-29(16-18-30)14-10-13-22-11-8-7-9-12-22/h7-13,19-20,31H,14-18,21H2,1-6H3/p+2/b13-10+. The highest BCUT2D eigenvalue weighted by molar-refractivity contribution is 5.50. The Morgan fingerprint density at radius 1 is 0.806 bits per heavy atom. The van der Waals surface area contributed by atoms with Crippen molar-refractivity contribution in [3.05, 3.63) is 70.8 Å². The smallest absolute Gasteiger partial charge is 0.127 e. The second-order valence-corrected chi connectivity index (χ2v) is 11.2. The molecule has 0 radical (unpaired) electrons. The lowest BCUT2D eigenvalue weighted by atomic mass is 9.78. The van der Waals surface area contributed by atoms with Crippen LogP contribution in [0.15, 0.2) is 48.5 Å². The van der Waals surface area contributed by atoms with E-state index in [4.69, 9.17) is 0 Å². The number of hydrogen-bond donors (Lipinski definition) is 3. The Balaban J connectivity index is 1.63. The van der Waals surface area contributed by atoms with E-state index in [0.29, 0.717) is 5.75 Å². The molecule has 3 heteroatoms. The third-order valence-electron chi connectivity index (χ3n) is 6.42. The number of piperazine rings is 1. The fraction of sp³-hybridized carbons (Fsp3) is 0.500. The second-order valence-electron chi connectivity index (χ2n) is 11.2. The van der Waals surface area contributed by atoms with Gasteiger partial charge in [0.2, 0.25) is 0 Å². The first-order chi connectivity index (χ1) is 14.5. The molecule has 1 aliphatic heterocycles. The van der Waals surface area contributed by atoms with E-state index in [1.54, 1.807) is 9.80 Å². The highest BCUT2D eigenvalue weighted by atomic mass is 16.3. The van der Waals surface area contributed by atoms with Gasteiger partial charge in [-0.1, -0.05) is 78.0 Å². The molecule has 0 atom stereocenters. The van der Waals surface area contributed by atoms with Crippen molar-refractivity contribution >= 4 is 6.08 Å². The van der Waals surface area contributed by atoms with E-state index in [9.17, 15) is 5.11 Å². The van der Waals surface area contributed by atoms with Crippen LogP contribution < -0.4 is 9.80 Å². The Hall–Kier alpha value is -2.10. The molecule has 2 aromatic rings. The average molecular weight is 423 g/mol. The highest BCUT2D eigenvalue weighted by Crippen LogP contribution is 2.39. The molecule has 168 valence electrons. The predicted molar refractivity (Wildman–Crippen MR) is 131 cm³/mol. The summed E-state index contributed by atoms with van der Waals surface area (Å²) in [7, 11) is 0. The Bertz CT molecular complexity index is 844. The molecule has 1 heterocycles. The average Bonchev–Trinajstić information content (AvgIpc) is 2.69. The Morgan fingerprint density at radius 3 is 1.84 bits per heavy atom. The van der Waals surface area contributed by atoms with Crippen molar-refractivity contribution in [2.45, 2.75) is 58.9 Å². The molecular formula is C28H42N2O+2. The first-order valence-electron chi connectivity index (χ1n) is 11.8. The summed E-state index contributed by atoms with van der Waals surface area (Å²) < 4.78 is 0. The van der Waals surface area contributed by atoms with Crippen LogP contribution in [-0.2, 0) is 17.4 Å². The molecule has 1 fully saturated rings. The molecule has 0 aliphatic carbocycles. The third kappa shape index (κ3) is 6.44. The number of benzene rings is 2. The molecule has 0 spiro atoms.